The molecule has 110 valence electrons. The van der Waals surface area contributed by atoms with E-state index in [0.29, 0.717) is 10.9 Å². The number of amides is 1. The van der Waals surface area contributed by atoms with Crippen LogP contribution in [0.4, 0.5) is 0 Å². The summed E-state index contributed by atoms with van der Waals surface area (Å²) in [5, 5.41) is 7.68. The topological polar surface area (TPSA) is 61.9 Å². The highest BCUT2D eigenvalue weighted by atomic mass is 79.9. The summed E-state index contributed by atoms with van der Waals surface area (Å²) in [6.45, 7) is 1.77. The van der Waals surface area contributed by atoms with E-state index in [2.05, 4.69) is 31.1 Å². The number of hydrogen-bond donors (Lipinski definition) is 1. The molecule has 0 radical (unpaired) electrons. The second kappa shape index (κ2) is 6.62. The van der Waals surface area contributed by atoms with E-state index in [1.807, 2.05) is 29.2 Å². The number of hydrogen-bond acceptors (Lipinski definition) is 4. The van der Waals surface area contributed by atoms with Crippen molar-refractivity contribution >= 4 is 33.6 Å². The Kier molecular flexibility index (Phi) is 4.60. The van der Waals surface area contributed by atoms with Gasteiger partial charge in [0.15, 0.2) is 5.82 Å². The third-order valence-corrected chi connectivity index (χ3v) is 4.73. The minimum atomic E-state index is 0.174. The molecule has 0 spiro atoms. The van der Waals surface area contributed by atoms with Crippen LogP contribution >= 0.6 is 27.7 Å². The Balaban J connectivity index is 1.60. The molecule has 1 fully saturated rings. The lowest BCUT2D eigenvalue weighted by atomic mass is 10.2. The van der Waals surface area contributed by atoms with Gasteiger partial charge >= 0.3 is 0 Å². The van der Waals surface area contributed by atoms with Crippen molar-refractivity contribution in [2.75, 3.05) is 18.8 Å². The quantitative estimate of drug-likeness (QED) is 0.844. The number of halogens is 1. The fourth-order valence-corrected chi connectivity index (χ4v) is 3.20. The molecule has 1 aromatic heterocycles. The smallest absolute Gasteiger partial charge is 0.233 e. The summed E-state index contributed by atoms with van der Waals surface area (Å²) < 4.78 is 1.02. The van der Waals surface area contributed by atoms with Gasteiger partial charge in [0.05, 0.1) is 5.75 Å². The molecule has 5 nitrogen and oxygen atoms in total. The highest BCUT2D eigenvalue weighted by Gasteiger charge is 2.18. The van der Waals surface area contributed by atoms with Crippen molar-refractivity contribution < 1.29 is 4.79 Å². The van der Waals surface area contributed by atoms with Gasteiger partial charge in [-0.1, -0.05) is 39.8 Å². The number of aromatic nitrogens is 3. The fourth-order valence-electron chi connectivity index (χ4n) is 2.23. The van der Waals surface area contributed by atoms with Gasteiger partial charge in [-0.3, -0.25) is 9.89 Å². The Hall–Kier alpha value is -1.34. The molecule has 0 aliphatic carbocycles. The lowest BCUT2D eigenvalue weighted by molar-refractivity contribution is -0.127. The van der Waals surface area contributed by atoms with E-state index in [1.165, 1.54) is 11.8 Å². The molecule has 1 aliphatic heterocycles. The van der Waals surface area contributed by atoms with Gasteiger partial charge in [0.2, 0.25) is 11.1 Å². The summed E-state index contributed by atoms with van der Waals surface area (Å²) in [5.74, 6) is 1.29. The van der Waals surface area contributed by atoms with Crippen LogP contribution in [0.15, 0.2) is 33.9 Å². The predicted molar refractivity (Wildman–Crippen MR) is 86.1 cm³/mol. The third kappa shape index (κ3) is 3.65. The second-order valence-corrected chi connectivity index (χ2v) is 6.71. The summed E-state index contributed by atoms with van der Waals surface area (Å²) in [7, 11) is 0. The van der Waals surface area contributed by atoms with Gasteiger partial charge in [0.25, 0.3) is 0 Å². The van der Waals surface area contributed by atoms with E-state index < -0.39 is 0 Å². The normalized spacial score (nSPS) is 14.6. The SMILES string of the molecule is O=C(CSc1n[nH]c(-c2ccc(Br)cc2)n1)N1CCCC1. The zero-order chi connectivity index (χ0) is 14.7. The standard InChI is InChI=1S/C14H15BrN4OS/c15-11-5-3-10(4-6-11)13-16-14(18-17-13)21-9-12(20)19-7-1-2-8-19/h3-6H,1-2,7-9H2,(H,16,17,18). The average Bonchev–Trinajstić information content (AvgIpc) is 3.17. The van der Waals surface area contributed by atoms with Gasteiger partial charge in [-0.15, -0.1) is 5.10 Å². The summed E-state index contributed by atoms with van der Waals surface area (Å²) in [6, 6.07) is 7.85. The molecule has 1 amide bonds. The Morgan fingerprint density at radius 1 is 1.29 bits per heavy atom. The molecule has 0 saturated carbocycles. The lowest BCUT2D eigenvalue weighted by Gasteiger charge is -2.13. The van der Waals surface area contributed by atoms with Crippen molar-refractivity contribution in [2.24, 2.45) is 0 Å². The number of benzene rings is 1. The van der Waals surface area contributed by atoms with E-state index in [9.17, 15) is 4.79 Å². The average molecular weight is 367 g/mol. The van der Waals surface area contributed by atoms with Crippen molar-refractivity contribution in [2.45, 2.75) is 18.0 Å². The highest BCUT2D eigenvalue weighted by molar-refractivity contribution is 9.10. The number of H-pyrrole nitrogens is 1. The van der Waals surface area contributed by atoms with Crippen LogP contribution < -0.4 is 0 Å². The van der Waals surface area contributed by atoms with Gasteiger partial charge in [-0.25, -0.2) is 4.98 Å². The number of thioether (sulfide) groups is 1. The molecule has 7 heteroatoms. The highest BCUT2D eigenvalue weighted by Crippen LogP contribution is 2.21. The zero-order valence-corrected chi connectivity index (χ0v) is 13.8. The van der Waals surface area contributed by atoms with Crippen molar-refractivity contribution in [3.63, 3.8) is 0 Å². The Bertz CT molecular complexity index is 622. The van der Waals surface area contributed by atoms with E-state index in [4.69, 9.17) is 0 Å². The molecular formula is C14H15BrN4OS. The molecule has 3 rings (SSSR count). The first-order valence-corrected chi connectivity index (χ1v) is 8.59. The first-order valence-electron chi connectivity index (χ1n) is 6.81. The molecule has 0 bridgehead atoms. The maximum Gasteiger partial charge on any atom is 0.233 e. The Morgan fingerprint density at radius 3 is 2.71 bits per heavy atom. The minimum Gasteiger partial charge on any atom is -0.342 e. The monoisotopic (exact) mass is 366 g/mol. The number of carbonyl (C=O) groups excluding carboxylic acids is 1. The maximum atomic E-state index is 12.0. The van der Waals surface area contributed by atoms with Gasteiger partial charge in [-0.2, -0.15) is 0 Å². The largest absolute Gasteiger partial charge is 0.342 e. The van der Waals surface area contributed by atoms with Crippen molar-refractivity contribution in [3.8, 4) is 11.4 Å². The van der Waals surface area contributed by atoms with Crippen LogP contribution in [0.5, 0.6) is 0 Å². The van der Waals surface area contributed by atoms with Crippen molar-refractivity contribution in [1.82, 2.24) is 20.1 Å². The zero-order valence-electron chi connectivity index (χ0n) is 11.4. The third-order valence-electron chi connectivity index (χ3n) is 3.37. The molecule has 1 aromatic carbocycles. The van der Waals surface area contributed by atoms with Gasteiger partial charge in [0.1, 0.15) is 0 Å². The van der Waals surface area contributed by atoms with Crippen LogP contribution in [-0.4, -0.2) is 44.8 Å². The van der Waals surface area contributed by atoms with Crippen LogP contribution in [0.1, 0.15) is 12.8 Å². The van der Waals surface area contributed by atoms with Gasteiger partial charge in [0, 0.05) is 23.1 Å². The number of carbonyl (C=O) groups is 1. The molecular weight excluding hydrogens is 352 g/mol. The fraction of sp³-hybridized carbons (Fsp3) is 0.357. The molecule has 0 unspecified atom stereocenters. The molecule has 1 N–H and O–H groups in total. The molecule has 21 heavy (non-hydrogen) atoms. The van der Waals surface area contributed by atoms with Crippen LogP contribution in [0, 0.1) is 0 Å². The molecule has 1 aliphatic rings. The van der Waals surface area contributed by atoms with Crippen LogP contribution in [-0.2, 0) is 4.79 Å². The number of likely N-dealkylation sites (tertiary alicyclic amines) is 1. The maximum absolute atomic E-state index is 12.0. The number of nitrogens with zero attached hydrogens (tertiary/aromatic N) is 3. The van der Waals surface area contributed by atoms with E-state index >= 15 is 0 Å². The van der Waals surface area contributed by atoms with Crippen molar-refractivity contribution in [3.05, 3.63) is 28.7 Å². The van der Waals surface area contributed by atoms with Crippen LogP contribution in [0.25, 0.3) is 11.4 Å². The first kappa shape index (κ1) is 14.6. The first-order chi connectivity index (χ1) is 10.2. The Labute approximate surface area is 135 Å². The molecule has 1 saturated heterocycles. The van der Waals surface area contributed by atoms with E-state index in [0.717, 1.165) is 41.8 Å². The molecule has 0 atom stereocenters. The summed E-state index contributed by atoms with van der Waals surface area (Å²) in [6.07, 6.45) is 2.23. The van der Waals surface area contributed by atoms with Crippen molar-refractivity contribution in [1.29, 1.82) is 0 Å². The summed E-state index contributed by atoms with van der Waals surface area (Å²) >= 11 is 4.78. The van der Waals surface area contributed by atoms with Gasteiger partial charge in [-0.05, 0) is 25.0 Å². The van der Waals surface area contributed by atoms with Crippen LogP contribution in [0.3, 0.4) is 0 Å². The Morgan fingerprint density at radius 2 is 2.00 bits per heavy atom. The van der Waals surface area contributed by atoms with Crippen LogP contribution in [0.2, 0.25) is 0 Å². The number of aromatic amines is 1. The second-order valence-electron chi connectivity index (χ2n) is 4.85. The number of nitrogens with one attached hydrogen (secondary N) is 1. The summed E-state index contributed by atoms with van der Waals surface area (Å²) in [4.78, 5) is 18.3. The summed E-state index contributed by atoms with van der Waals surface area (Å²) in [5.41, 5.74) is 0.975. The predicted octanol–water partition coefficient (Wildman–Crippen LogP) is 2.95. The molecule has 2 heterocycles. The lowest BCUT2D eigenvalue weighted by Crippen LogP contribution is -2.29. The molecule has 2 aromatic rings. The van der Waals surface area contributed by atoms with E-state index in [1.54, 1.807) is 0 Å². The van der Waals surface area contributed by atoms with E-state index in [-0.39, 0.29) is 5.91 Å². The van der Waals surface area contributed by atoms with Gasteiger partial charge < -0.3 is 4.90 Å². The number of rotatable bonds is 4. The minimum absolute atomic E-state index is 0.174.